The highest BCUT2D eigenvalue weighted by Crippen LogP contribution is 2.57. The van der Waals surface area contributed by atoms with Crippen LogP contribution in [0.3, 0.4) is 0 Å². The predicted octanol–water partition coefficient (Wildman–Crippen LogP) is 5.60. The minimum Gasteiger partial charge on any atom is -0.324 e. The van der Waals surface area contributed by atoms with Crippen molar-refractivity contribution < 1.29 is 33.1 Å². The molecule has 7 nitrogen and oxygen atoms in total. The van der Waals surface area contributed by atoms with Gasteiger partial charge in [-0.3, -0.25) is 4.57 Å². The summed E-state index contributed by atoms with van der Waals surface area (Å²) in [5, 5.41) is -2.02. The maximum absolute atomic E-state index is 12.4. The Bertz CT molecular complexity index is 460. The summed E-state index contributed by atoms with van der Waals surface area (Å²) < 4.78 is 27.5. The summed E-state index contributed by atoms with van der Waals surface area (Å²) in [4.78, 5) is 41.2. The molecule has 9 heteroatoms. The summed E-state index contributed by atoms with van der Waals surface area (Å²) >= 11 is 0. The van der Waals surface area contributed by atoms with E-state index >= 15 is 0 Å². The lowest BCUT2D eigenvalue weighted by Crippen LogP contribution is -2.39. The Hall–Kier alpha value is -0.320. The van der Waals surface area contributed by atoms with Crippen LogP contribution in [-0.2, 0) is 18.4 Å². The molecular formula is C18H37O7P2+. The van der Waals surface area contributed by atoms with Crippen molar-refractivity contribution in [3.63, 3.8) is 0 Å². The first-order valence-electron chi connectivity index (χ1n) is 10.2. The van der Waals surface area contributed by atoms with Crippen LogP contribution in [0.5, 0.6) is 0 Å². The van der Waals surface area contributed by atoms with Crippen LogP contribution in [0.2, 0.25) is 0 Å². The second-order valence-electron chi connectivity index (χ2n) is 7.23. The molecular weight excluding hydrogens is 390 g/mol. The van der Waals surface area contributed by atoms with Gasteiger partial charge in [-0.1, -0.05) is 90.9 Å². The Kier molecular flexibility index (Phi) is 14.5. The quantitative estimate of drug-likeness (QED) is 0.204. The summed E-state index contributed by atoms with van der Waals surface area (Å²) in [5.41, 5.74) is 0. The summed E-state index contributed by atoms with van der Waals surface area (Å²) in [6.07, 6.45) is 10.8. The Labute approximate surface area is 164 Å². The molecule has 0 radical (unpaired) electrons. The van der Waals surface area contributed by atoms with Gasteiger partial charge in [-0.2, -0.15) is 4.52 Å². The van der Waals surface area contributed by atoms with E-state index in [0.717, 1.165) is 64.2 Å². The second kappa shape index (κ2) is 14.6. The Morgan fingerprint density at radius 3 is 1.56 bits per heavy atom. The molecule has 0 aromatic heterocycles. The molecule has 0 aromatic rings. The zero-order valence-corrected chi connectivity index (χ0v) is 18.6. The van der Waals surface area contributed by atoms with Crippen molar-refractivity contribution in [1.82, 2.24) is 0 Å². The molecule has 0 saturated heterocycles. The van der Waals surface area contributed by atoms with Gasteiger partial charge in [-0.05, 0) is 12.8 Å². The summed E-state index contributed by atoms with van der Waals surface area (Å²) in [6.45, 7) is 4.21. The van der Waals surface area contributed by atoms with Gasteiger partial charge in [0.1, 0.15) is 0 Å². The highest BCUT2D eigenvalue weighted by atomic mass is 31.2. The molecule has 0 amide bonds. The molecule has 1 atom stereocenters. The maximum atomic E-state index is 12.4. The Balaban J connectivity index is 5.01. The van der Waals surface area contributed by atoms with Crippen molar-refractivity contribution in [2.45, 2.75) is 109 Å². The third-order valence-electron chi connectivity index (χ3n) is 4.99. The lowest BCUT2D eigenvalue weighted by Gasteiger charge is -2.30. The molecule has 1 unspecified atom stereocenters. The van der Waals surface area contributed by atoms with Gasteiger partial charge in [-0.15, -0.1) is 4.89 Å². The standard InChI is InChI=1S/C18H36O7P2/c1-3-5-7-9-11-13-15-18(27(22,23)24,17(19)25-26(20)21)16-14-12-10-8-6-4-2/h3-16H2,1-2H3,(H2-,20,21,22,23,24)/p+1. The Morgan fingerprint density at radius 2 is 1.22 bits per heavy atom. The summed E-state index contributed by atoms with van der Waals surface area (Å²) in [6, 6.07) is 0. The van der Waals surface area contributed by atoms with Crippen molar-refractivity contribution in [1.29, 1.82) is 0 Å². The molecule has 0 spiro atoms. The molecule has 0 aliphatic rings. The van der Waals surface area contributed by atoms with E-state index in [2.05, 4.69) is 18.4 Å². The highest BCUT2D eigenvalue weighted by Gasteiger charge is 2.56. The largest absolute Gasteiger partial charge is 0.750 e. The van der Waals surface area contributed by atoms with Crippen molar-refractivity contribution in [3.05, 3.63) is 0 Å². The average molecular weight is 427 g/mol. The molecule has 160 valence electrons. The number of unbranched alkanes of at least 4 members (excludes halogenated alkanes) is 10. The maximum Gasteiger partial charge on any atom is 0.750 e. The molecule has 27 heavy (non-hydrogen) atoms. The average Bonchev–Trinajstić information content (AvgIpc) is 2.57. The van der Waals surface area contributed by atoms with Crippen LogP contribution in [-0.4, -0.2) is 25.8 Å². The Morgan fingerprint density at radius 1 is 0.852 bits per heavy atom. The highest BCUT2D eigenvalue weighted by molar-refractivity contribution is 7.55. The SMILES string of the molecule is CCCCCCCCC(CCCCCCCC)(C(=O)O[P+](=O)O)P(=O)(O)O. The lowest BCUT2D eigenvalue weighted by atomic mass is 9.93. The molecule has 0 fully saturated rings. The minimum atomic E-state index is -4.86. The van der Waals surface area contributed by atoms with Crippen molar-refractivity contribution >= 4 is 21.8 Å². The first kappa shape index (κ1) is 26.7. The van der Waals surface area contributed by atoms with Crippen molar-refractivity contribution in [2.24, 2.45) is 0 Å². The fraction of sp³-hybridized carbons (Fsp3) is 0.944. The molecule has 0 aliphatic heterocycles. The van der Waals surface area contributed by atoms with Gasteiger partial charge in [0.2, 0.25) is 0 Å². The third kappa shape index (κ3) is 10.7. The summed E-state index contributed by atoms with van der Waals surface area (Å²) in [7, 11) is -8.10. The molecule has 0 bridgehead atoms. The first-order valence-corrected chi connectivity index (χ1v) is 12.9. The predicted molar refractivity (Wildman–Crippen MR) is 107 cm³/mol. The molecule has 3 N–H and O–H groups in total. The molecule has 0 aliphatic carbocycles. The van der Waals surface area contributed by atoms with Crippen LogP contribution >= 0.6 is 15.9 Å². The van der Waals surface area contributed by atoms with Gasteiger partial charge >= 0.3 is 21.8 Å². The van der Waals surface area contributed by atoms with E-state index in [4.69, 9.17) is 4.89 Å². The summed E-state index contributed by atoms with van der Waals surface area (Å²) in [5.74, 6) is -1.25. The van der Waals surface area contributed by atoms with Crippen LogP contribution in [0, 0.1) is 0 Å². The first-order chi connectivity index (χ1) is 12.7. The van der Waals surface area contributed by atoms with Crippen LogP contribution < -0.4 is 0 Å². The van der Waals surface area contributed by atoms with E-state index in [1.54, 1.807) is 0 Å². The van der Waals surface area contributed by atoms with Crippen molar-refractivity contribution in [3.8, 4) is 0 Å². The molecule has 0 rings (SSSR count). The number of carbonyl (C=O) groups excluding carboxylic acids is 1. The van der Waals surface area contributed by atoms with E-state index in [-0.39, 0.29) is 12.8 Å². The fourth-order valence-corrected chi connectivity index (χ4v) is 4.86. The molecule has 0 saturated carbocycles. The zero-order chi connectivity index (χ0) is 20.8. The van der Waals surface area contributed by atoms with E-state index in [9.17, 15) is 23.7 Å². The van der Waals surface area contributed by atoms with Crippen LogP contribution in [0.25, 0.3) is 0 Å². The van der Waals surface area contributed by atoms with Gasteiger partial charge in [0, 0.05) is 4.57 Å². The molecule has 0 aromatic carbocycles. The minimum absolute atomic E-state index is 0.0274. The van der Waals surface area contributed by atoms with Gasteiger partial charge in [0.15, 0.2) is 5.16 Å². The van der Waals surface area contributed by atoms with Crippen LogP contribution in [0.1, 0.15) is 104 Å². The van der Waals surface area contributed by atoms with Gasteiger partial charge in [0.25, 0.3) is 0 Å². The molecule has 0 heterocycles. The fourth-order valence-electron chi connectivity index (χ4n) is 3.29. The monoisotopic (exact) mass is 427 g/mol. The van der Waals surface area contributed by atoms with Crippen LogP contribution in [0.15, 0.2) is 0 Å². The number of hydrogen-bond donors (Lipinski definition) is 3. The van der Waals surface area contributed by atoms with Crippen LogP contribution in [0.4, 0.5) is 0 Å². The van der Waals surface area contributed by atoms with E-state index in [1.165, 1.54) is 0 Å². The van der Waals surface area contributed by atoms with E-state index in [1.807, 2.05) is 0 Å². The van der Waals surface area contributed by atoms with E-state index < -0.39 is 27.0 Å². The lowest BCUT2D eigenvalue weighted by molar-refractivity contribution is -0.138. The van der Waals surface area contributed by atoms with Gasteiger partial charge in [0.05, 0.1) is 0 Å². The van der Waals surface area contributed by atoms with E-state index in [0.29, 0.717) is 12.8 Å². The van der Waals surface area contributed by atoms with Crippen molar-refractivity contribution in [2.75, 3.05) is 0 Å². The smallest absolute Gasteiger partial charge is 0.324 e. The number of carbonyl (C=O) groups is 1. The number of rotatable bonds is 17. The zero-order valence-electron chi connectivity index (χ0n) is 16.8. The van der Waals surface area contributed by atoms with Gasteiger partial charge < -0.3 is 9.79 Å². The second-order valence-corrected chi connectivity index (χ2v) is 9.83. The topological polar surface area (TPSA) is 121 Å². The normalized spacial score (nSPS) is 12.9. The van der Waals surface area contributed by atoms with Gasteiger partial charge in [-0.25, -0.2) is 4.79 Å². The number of hydrogen-bond acceptors (Lipinski definition) is 4. The third-order valence-corrected chi connectivity index (χ3v) is 7.05.